The average Bonchev–Trinajstić information content (AvgIpc) is 3.44. The van der Waals surface area contributed by atoms with Gasteiger partial charge in [0.1, 0.15) is 29.5 Å². The number of nitrogens with zero attached hydrogens (tertiary/aromatic N) is 4. The summed E-state index contributed by atoms with van der Waals surface area (Å²) in [4.78, 5) is 17.4. The maximum Gasteiger partial charge on any atom is 0.470 e. The van der Waals surface area contributed by atoms with Gasteiger partial charge in [-0.1, -0.05) is 6.07 Å². The molecule has 0 saturated heterocycles. The Hall–Kier alpha value is -4.07. The van der Waals surface area contributed by atoms with Crippen molar-refractivity contribution < 1.29 is 41.0 Å². The fraction of sp³-hybridized carbons (Fsp3) is 0.273. The molecule has 0 radical (unpaired) electrons. The number of ether oxygens (including phenoxy) is 1. The highest BCUT2D eigenvalue weighted by atomic mass is 19.4. The molecule has 36 heavy (non-hydrogen) atoms. The molecule has 4 rings (SSSR count). The molecule has 14 heteroatoms. The number of aliphatic hydroxyl groups is 1. The van der Waals surface area contributed by atoms with E-state index in [9.17, 15) is 31.9 Å². The van der Waals surface area contributed by atoms with E-state index in [1.54, 1.807) is 0 Å². The Kier molecular flexibility index (Phi) is 6.39. The van der Waals surface area contributed by atoms with Gasteiger partial charge in [0.25, 0.3) is 5.91 Å². The van der Waals surface area contributed by atoms with Crippen LogP contribution in [0.5, 0.6) is 5.75 Å². The lowest BCUT2D eigenvalue weighted by molar-refractivity contribution is -0.158. The molecule has 0 aliphatic rings. The summed E-state index contributed by atoms with van der Waals surface area (Å²) in [7, 11) is 0. The molecule has 9 nitrogen and oxygen atoms in total. The van der Waals surface area contributed by atoms with Gasteiger partial charge in [-0.25, -0.2) is 13.8 Å². The number of nitrogens with one attached hydrogen (secondary N) is 1. The van der Waals surface area contributed by atoms with E-state index in [0.717, 1.165) is 12.1 Å². The predicted molar refractivity (Wildman–Crippen MR) is 112 cm³/mol. The van der Waals surface area contributed by atoms with Crippen LogP contribution in [0.3, 0.4) is 0 Å². The molecule has 0 aliphatic carbocycles. The van der Waals surface area contributed by atoms with Crippen molar-refractivity contribution in [2.24, 2.45) is 0 Å². The van der Waals surface area contributed by atoms with Crippen LogP contribution in [-0.2, 0) is 18.3 Å². The van der Waals surface area contributed by atoms with Gasteiger partial charge in [-0.05, 0) is 38.1 Å². The van der Waals surface area contributed by atoms with Crippen LogP contribution >= 0.6 is 0 Å². The SMILES string of the molecule is Cc1nc2c(OCc3c(F)cccc3F)cccn2c1C(=O)NC(C)(CO)c1nnc(C(F)(F)F)o1. The number of fused-ring (bicyclic) bond motifs is 1. The summed E-state index contributed by atoms with van der Waals surface area (Å²) in [5, 5.41) is 18.4. The monoisotopic (exact) mass is 511 g/mol. The Bertz CT molecular complexity index is 1410. The molecule has 2 N–H and O–H groups in total. The zero-order chi connectivity index (χ0) is 26.3. The Labute approximate surface area is 199 Å². The standard InChI is InChI=1S/C22H18F5N5O4/c1-11-16(18(34)29-21(2,10-33)19-30-31-20(36-19)22(25,26)27)32-8-4-7-15(17(32)28-11)35-9-12-13(23)5-3-6-14(12)24/h3-8,33H,9-10H2,1-2H3,(H,29,34). The molecule has 0 fully saturated rings. The minimum atomic E-state index is -4.91. The van der Waals surface area contributed by atoms with E-state index < -0.39 is 54.3 Å². The van der Waals surface area contributed by atoms with Gasteiger partial charge in [0, 0.05) is 6.20 Å². The maximum absolute atomic E-state index is 13.9. The van der Waals surface area contributed by atoms with Gasteiger partial charge in [0.15, 0.2) is 11.4 Å². The molecule has 0 aliphatic heterocycles. The Morgan fingerprint density at radius 1 is 1.14 bits per heavy atom. The molecule has 1 amide bonds. The van der Waals surface area contributed by atoms with E-state index in [4.69, 9.17) is 4.74 Å². The number of amides is 1. The Balaban J connectivity index is 1.63. The number of carbonyl (C=O) groups is 1. The quantitative estimate of drug-likeness (QED) is 0.365. The second-order valence-corrected chi connectivity index (χ2v) is 7.96. The summed E-state index contributed by atoms with van der Waals surface area (Å²) in [5.41, 5.74) is -1.86. The molecule has 0 spiro atoms. The van der Waals surface area contributed by atoms with Crippen molar-refractivity contribution in [3.63, 3.8) is 0 Å². The summed E-state index contributed by atoms with van der Waals surface area (Å²) >= 11 is 0. The minimum absolute atomic E-state index is 0.0391. The molecule has 190 valence electrons. The molecule has 1 atom stereocenters. The number of hydrogen-bond donors (Lipinski definition) is 2. The van der Waals surface area contributed by atoms with E-state index in [0.29, 0.717) is 0 Å². The second-order valence-electron chi connectivity index (χ2n) is 7.96. The van der Waals surface area contributed by atoms with Crippen molar-refractivity contribution in [1.82, 2.24) is 24.9 Å². The summed E-state index contributed by atoms with van der Waals surface area (Å²) < 4.78 is 78.0. The lowest BCUT2D eigenvalue weighted by atomic mass is 10.0. The normalized spacial score (nSPS) is 13.6. The molecule has 3 heterocycles. The summed E-state index contributed by atoms with van der Waals surface area (Å²) in [5.74, 6) is -4.60. The first kappa shape index (κ1) is 25.0. The van der Waals surface area contributed by atoms with Gasteiger partial charge in [-0.3, -0.25) is 9.20 Å². The largest absolute Gasteiger partial charge is 0.485 e. The first-order valence-electron chi connectivity index (χ1n) is 10.3. The van der Waals surface area contributed by atoms with Gasteiger partial charge in [0.2, 0.25) is 5.89 Å². The molecule has 1 unspecified atom stereocenters. The van der Waals surface area contributed by atoms with Gasteiger partial charge in [0.05, 0.1) is 17.9 Å². The number of alkyl halides is 3. The molecule has 3 aromatic heterocycles. The van der Waals surface area contributed by atoms with E-state index in [-0.39, 0.29) is 28.3 Å². The molecule has 0 bridgehead atoms. The predicted octanol–water partition coefficient (Wildman–Crippen LogP) is 3.54. The highest BCUT2D eigenvalue weighted by Gasteiger charge is 2.42. The Morgan fingerprint density at radius 3 is 2.42 bits per heavy atom. The van der Waals surface area contributed by atoms with Crippen LogP contribution in [0.25, 0.3) is 5.65 Å². The molecule has 0 saturated carbocycles. The summed E-state index contributed by atoms with van der Waals surface area (Å²) in [6.07, 6.45) is -3.45. The number of imidazole rings is 1. The highest BCUT2D eigenvalue weighted by Crippen LogP contribution is 2.31. The van der Waals surface area contributed by atoms with Crippen molar-refractivity contribution in [3.8, 4) is 5.75 Å². The third-order valence-electron chi connectivity index (χ3n) is 5.28. The van der Waals surface area contributed by atoms with E-state index >= 15 is 0 Å². The van der Waals surface area contributed by atoms with Gasteiger partial charge < -0.3 is 19.6 Å². The lowest BCUT2D eigenvalue weighted by Crippen LogP contribution is -2.47. The molecule has 1 aromatic carbocycles. The van der Waals surface area contributed by atoms with Crippen LogP contribution in [0.15, 0.2) is 40.9 Å². The number of aromatic nitrogens is 4. The number of pyridine rings is 1. The molecule has 4 aromatic rings. The number of aryl methyl sites for hydroxylation is 1. The van der Waals surface area contributed by atoms with Crippen LogP contribution in [0.1, 0.15) is 40.5 Å². The number of aliphatic hydroxyl groups excluding tert-OH is 1. The van der Waals surface area contributed by atoms with Crippen LogP contribution < -0.4 is 10.1 Å². The van der Waals surface area contributed by atoms with Gasteiger partial charge in [-0.15, -0.1) is 10.2 Å². The molecular weight excluding hydrogens is 493 g/mol. The van der Waals surface area contributed by atoms with Crippen molar-refractivity contribution in [2.75, 3.05) is 6.61 Å². The van der Waals surface area contributed by atoms with Crippen LogP contribution in [0.4, 0.5) is 22.0 Å². The van der Waals surface area contributed by atoms with Crippen LogP contribution in [0.2, 0.25) is 0 Å². The van der Waals surface area contributed by atoms with Crippen molar-refractivity contribution >= 4 is 11.6 Å². The third-order valence-corrected chi connectivity index (χ3v) is 5.28. The summed E-state index contributed by atoms with van der Waals surface area (Å²) in [6.45, 7) is 1.38. The van der Waals surface area contributed by atoms with Crippen molar-refractivity contribution in [2.45, 2.75) is 32.2 Å². The smallest absolute Gasteiger partial charge is 0.470 e. The van der Waals surface area contributed by atoms with E-state index in [1.807, 2.05) is 0 Å². The number of rotatable bonds is 7. The fourth-order valence-corrected chi connectivity index (χ4v) is 3.39. The van der Waals surface area contributed by atoms with Gasteiger partial charge >= 0.3 is 12.1 Å². The average molecular weight is 511 g/mol. The topological polar surface area (TPSA) is 115 Å². The van der Waals surface area contributed by atoms with Gasteiger partial charge in [-0.2, -0.15) is 13.2 Å². The zero-order valence-corrected chi connectivity index (χ0v) is 18.7. The minimum Gasteiger partial charge on any atom is -0.485 e. The van der Waals surface area contributed by atoms with Crippen LogP contribution in [0, 0.1) is 18.6 Å². The first-order chi connectivity index (χ1) is 16.9. The Morgan fingerprint density at radius 2 is 1.81 bits per heavy atom. The van der Waals surface area contributed by atoms with Crippen molar-refractivity contribution in [1.29, 1.82) is 0 Å². The van der Waals surface area contributed by atoms with E-state index in [2.05, 4.69) is 24.9 Å². The number of hydrogen-bond acceptors (Lipinski definition) is 7. The highest BCUT2D eigenvalue weighted by molar-refractivity contribution is 5.95. The number of benzene rings is 1. The maximum atomic E-state index is 13.9. The first-order valence-corrected chi connectivity index (χ1v) is 10.3. The zero-order valence-electron chi connectivity index (χ0n) is 18.7. The lowest BCUT2D eigenvalue weighted by Gasteiger charge is -2.24. The van der Waals surface area contributed by atoms with E-state index in [1.165, 1.54) is 42.6 Å². The molecular formula is C22H18F5N5O4. The fourth-order valence-electron chi connectivity index (χ4n) is 3.39. The number of carbonyl (C=O) groups excluding carboxylic acids is 1. The third kappa shape index (κ3) is 4.58. The van der Waals surface area contributed by atoms with Crippen LogP contribution in [-0.4, -0.2) is 37.2 Å². The second kappa shape index (κ2) is 9.18. The van der Waals surface area contributed by atoms with Crippen molar-refractivity contribution in [3.05, 3.63) is 76.9 Å². The number of halogens is 5. The summed E-state index contributed by atoms with van der Waals surface area (Å²) in [6, 6.07) is 6.37.